The number of carbonyl (C=O) groups excluding carboxylic acids is 3. The minimum Gasteiger partial charge on any atom is -0.466 e. The Kier molecular flexibility index (Phi) is 6.04. The SMILES string of the molecule is CCCN1C(=O)[C@](C)(NC(=O)c2ccccc2)[C@@H](c2ccccc2)[C@H]2[C@H](C(=O)OCC)[C@H]21. The fourth-order valence-electron chi connectivity index (χ4n) is 5.35. The molecule has 0 spiro atoms. The maximum absolute atomic E-state index is 13.9. The molecule has 2 aromatic carbocycles. The second kappa shape index (κ2) is 8.77. The number of amides is 2. The first-order chi connectivity index (χ1) is 15.4. The van der Waals surface area contributed by atoms with E-state index in [0.29, 0.717) is 18.7 Å². The van der Waals surface area contributed by atoms with Crippen molar-refractivity contribution >= 4 is 17.8 Å². The first-order valence-electron chi connectivity index (χ1n) is 11.3. The van der Waals surface area contributed by atoms with Gasteiger partial charge in [0.25, 0.3) is 5.91 Å². The topological polar surface area (TPSA) is 75.7 Å². The summed E-state index contributed by atoms with van der Waals surface area (Å²) in [6.07, 6.45) is 0.767. The average Bonchev–Trinajstić information content (AvgIpc) is 3.53. The number of nitrogens with zero attached hydrogens (tertiary/aromatic N) is 1. The zero-order chi connectivity index (χ0) is 22.9. The highest BCUT2D eigenvalue weighted by Crippen LogP contribution is 2.60. The number of nitrogens with one attached hydrogen (secondary N) is 1. The number of hydrogen-bond acceptors (Lipinski definition) is 4. The van der Waals surface area contributed by atoms with Gasteiger partial charge in [-0.1, -0.05) is 55.5 Å². The molecule has 0 aromatic heterocycles. The van der Waals surface area contributed by atoms with Gasteiger partial charge < -0.3 is 15.0 Å². The zero-order valence-corrected chi connectivity index (χ0v) is 18.8. The van der Waals surface area contributed by atoms with Crippen LogP contribution < -0.4 is 5.32 Å². The molecule has 2 fully saturated rings. The number of ether oxygens (including phenoxy) is 1. The highest BCUT2D eigenvalue weighted by molar-refractivity contribution is 6.01. The summed E-state index contributed by atoms with van der Waals surface area (Å²) in [6.45, 7) is 6.43. The lowest BCUT2D eigenvalue weighted by atomic mass is 9.73. The Balaban J connectivity index is 1.77. The Bertz CT molecular complexity index is 993. The summed E-state index contributed by atoms with van der Waals surface area (Å²) in [7, 11) is 0. The highest BCUT2D eigenvalue weighted by atomic mass is 16.5. The van der Waals surface area contributed by atoms with Gasteiger partial charge in [-0.2, -0.15) is 0 Å². The van der Waals surface area contributed by atoms with Gasteiger partial charge in [-0.25, -0.2) is 0 Å². The van der Waals surface area contributed by atoms with Gasteiger partial charge in [0.1, 0.15) is 5.54 Å². The molecule has 1 heterocycles. The molecule has 1 saturated heterocycles. The van der Waals surface area contributed by atoms with Crippen LogP contribution in [0, 0.1) is 11.8 Å². The van der Waals surface area contributed by atoms with E-state index in [0.717, 1.165) is 12.0 Å². The number of rotatable bonds is 7. The van der Waals surface area contributed by atoms with E-state index < -0.39 is 5.54 Å². The van der Waals surface area contributed by atoms with Crippen LogP contribution in [-0.4, -0.2) is 47.4 Å². The minimum absolute atomic E-state index is 0.109. The van der Waals surface area contributed by atoms with E-state index in [9.17, 15) is 14.4 Å². The molecule has 5 atom stereocenters. The molecule has 2 aromatic rings. The Morgan fingerprint density at radius 2 is 1.66 bits per heavy atom. The van der Waals surface area contributed by atoms with E-state index in [1.165, 1.54) is 0 Å². The van der Waals surface area contributed by atoms with Crippen molar-refractivity contribution in [1.29, 1.82) is 0 Å². The van der Waals surface area contributed by atoms with Gasteiger partial charge >= 0.3 is 5.97 Å². The first-order valence-corrected chi connectivity index (χ1v) is 11.3. The van der Waals surface area contributed by atoms with Gasteiger partial charge in [0.15, 0.2) is 0 Å². The van der Waals surface area contributed by atoms with Crippen molar-refractivity contribution in [2.75, 3.05) is 13.2 Å². The van der Waals surface area contributed by atoms with Crippen LogP contribution in [0.2, 0.25) is 0 Å². The van der Waals surface area contributed by atoms with E-state index in [1.54, 1.807) is 43.0 Å². The molecule has 0 bridgehead atoms. The highest BCUT2D eigenvalue weighted by Gasteiger charge is 2.71. The molecule has 0 unspecified atom stereocenters. The molecule has 4 rings (SSSR count). The third-order valence-electron chi connectivity index (χ3n) is 6.70. The van der Waals surface area contributed by atoms with Crippen molar-refractivity contribution < 1.29 is 19.1 Å². The maximum Gasteiger partial charge on any atom is 0.311 e. The van der Waals surface area contributed by atoms with Gasteiger partial charge in [0, 0.05) is 30.0 Å². The smallest absolute Gasteiger partial charge is 0.311 e. The number of fused-ring (bicyclic) bond motifs is 1. The van der Waals surface area contributed by atoms with E-state index in [2.05, 4.69) is 5.32 Å². The normalized spacial score (nSPS) is 28.6. The van der Waals surface area contributed by atoms with Crippen LogP contribution in [0.5, 0.6) is 0 Å². The van der Waals surface area contributed by atoms with E-state index >= 15 is 0 Å². The predicted octanol–water partition coefficient (Wildman–Crippen LogP) is 3.39. The molecule has 6 heteroatoms. The molecule has 1 aliphatic heterocycles. The minimum atomic E-state index is -1.19. The summed E-state index contributed by atoms with van der Waals surface area (Å²) in [5.74, 6) is -1.55. The molecular formula is C26H30N2O4. The number of benzene rings is 2. The molecule has 0 radical (unpaired) electrons. The van der Waals surface area contributed by atoms with Crippen LogP contribution in [0.3, 0.4) is 0 Å². The van der Waals surface area contributed by atoms with Crippen LogP contribution in [-0.2, 0) is 14.3 Å². The Morgan fingerprint density at radius 1 is 1.03 bits per heavy atom. The molecule has 168 valence electrons. The lowest BCUT2D eigenvalue weighted by Gasteiger charge is -2.45. The number of likely N-dealkylation sites (tertiary alicyclic amines) is 1. The fourth-order valence-corrected chi connectivity index (χ4v) is 5.35. The lowest BCUT2D eigenvalue weighted by Crippen LogP contribution is -2.65. The fraction of sp³-hybridized carbons (Fsp3) is 0.423. The summed E-state index contributed by atoms with van der Waals surface area (Å²) >= 11 is 0. The molecule has 2 amide bonds. The standard InChI is InChI=1S/C26H30N2O4/c1-4-16-28-22-19(20(22)24(30)32-5-2)21(17-12-8-6-9-13-17)26(3,25(28)31)27-23(29)18-14-10-7-11-15-18/h6-15,19-22H,4-5,16H2,1-3H3,(H,27,29)/t19-,20+,21+,22+,26-/m1/s1. The quantitative estimate of drug-likeness (QED) is 0.678. The Labute approximate surface area is 188 Å². The largest absolute Gasteiger partial charge is 0.466 e. The van der Waals surface area contributed by atoms with Crippen molar-refractivity contribution in [2.45, 2.75) is 44.7 Å². The summed E-state index contributed by atoms with van der Waals surface area (Å²) in [5, 5.41) is 3.06. The van der Waals surface area contributed by atoms with Crippen molar-refractivity contribution in [3.8, 4) is 0 Å². The molecule has 6 nitrogen and oxygen atoms in total. The number of carbonyl (C=O) groups is 3. The van der Waals surface area contributed by atoms with Crippen molar-refractivity contribution in [1.82, 2.24) is 10.2 Å². The van der Waals surface area contributed by atoms with Crippen LogP contribution in [0.25, 0.3) is 0 Å². The average molecular weight is 435 g/mol. The summed E-state index contributed by atoms with van der Waals surface area (Å²) in [4.78, 5) is 41.7. The molecular weight excluding hydrogens is 404 g/mol. The molecule has 1 aliphatic carbocycles. The number of esters is 1. The van der Waals surface area contributed by atoms with Crippen molar-refractivity contribution in [3.63, 3.8) is 0 Å². The second-order valence-corrected chi connectivity index (χ2v) is 8.76. The van der Waals surface area contributed by atoms with E-state index in [1.807, 2.05) is 43.3 Å². The van der Waals surface area contributed by atoms with Crippen LogP contribution >= 0.6 is 0 Å². The van der Waals surface area contributed by atoms with E-state index in [4.69, 9.17) is 4.74 Å². The van der Waals surface area contributed by atoms with Crippen molar-refractivity contribution in [2.24, 2.45) is 11.8 Å². The van der Waals surface area contributed by atoms with Gasteiger partial charge in [-0.15, -0.1) is 0 Å². The second-order valence-electron chi connectivity index (χ2n) is 8.76. The number of piperidine rings is 1. The third kappa shape index (κ3) is 3.68. The number of hydrogen-bond donors (Lipinski definition) is 1. The van der Waals surface area contributed by atoms with Gasteiger partial charge in [0.2, 0.25) is 5.91 Å². The zero-order valence-electron chi connectivity index (χ0n) is 18.8. The third-order valence-corrected chi connectivity index (χ3v) is 6.70. The Morgan fingerprint density at radius 3 is 2.25 bits per heavy atom. The molecule has 1 saturated carbocycles. The van der Waals surface area contributed by atoms with Crippen LogP contribution in [0.4, 0.5) is 0 Å². The Hall–Kier alpha value is -3.15. The molecule has 2 aliphatic rings. The van der Waals surface area contributed by atoms with Gasteiger partial charge in [-0.05, 0) is 38.0 Å². The monoisotopic (exact) mass is 434 g/mol. The van der Waals surface area contributed by atoms with Crippen LogP contribution in [0.1, 0.15) is 49.0 Å². The first kappa shape index (κ1) is 22.1. The molecule has 1 N–H and O–H groups in total. The predicted molar refractivity (Wildman–Crippen MR) is 121 cm³/mol. The summed E-state index contributed by atoms with van der Waals surface area (Å²) in [5.41, 5.74) is 0.246. The summed E-state index contributed by atoms with van der Waals surface area (Å²) < 4.78 is 5.36. The van der Waals surface area contributed by atoms with Crippen molar-refractivity contribution in [3.05, 3.63) is 71.8 Å². The van der Waals surface area contributed by atoms with Gasteiger partial charge in [-0.3, -0.25) is 14.4 Å². The molecule has 32 heavy (non-hydrogen) atoms. The van der Waals surface area contributed by atoms with Gasteiger partial charge in [0.05, 0.1) is 12.5 Å². The lowest BCUT2D eigenvalue weighted by molar-refractivity contribution is -0.145. The maximum atomic E-state index is 13.9. The summed E-state index contributed by atoms with van der Waals surface area (Å²) in [6, 6.07) is 18.4. The van der Waals surface area contributed by atoms with Crippen LogP contribution in [0.15, 0.2) is 60.7 Å². The van der Waals surface area contributed by atoms with E-state index in [-0.39, 0.29) is 41.6 Å².